The van der Waals surface area contributed by atoms with Gasteiger partial charge in [-0.05, 0) is 37.0 Å². The molecule has 4 rings (SSSR count). The Labute approximate surface area is 122 Å². The third-order valence-electron chi connectivity index (χ3n) is 4.38. The average molecular weight is 290 g/mol. The molecule has 20 heavy (non-hydrogen) atoms. The largest absolute Gasteiger partial charge is 0.339 e. The first-order chi connectivity index (χ1) is 9.78. The third-order valence-corrected chi connectivity index (χ3v) is 4.63. The second kappa shape index (κ2) is 4.86. The Kier molecular flexibility index (Phi) is 3.00. The predicted molar refractivity (Wildman–Crippen MR) is 75.9 cm³/mol. The Morgan fingerprint density at radius 1 is 1.25 bits per heavy atom. The molecule has 0 amide bonds. The molecule has 0 spiro atoms. The topological polar surface area (TPSA) is 51.0 Å². The molecule has 3 atom stereocenters. The lowest BCUT2D eigenvalue weighted by Crippen LogP contribution is -2.21. The van der Waals surface area contributed by atoms with E-state index in [-0.39, 0.29) is 0 Å². The highest BCUT2D eigenvalue weighted by Gasteiger charge is 2.42. The number of aromatic nitrogens is 2. The van der Waals surface area contributed by atoms with Crippen LogP contribution in [0.15, 0.2) is 28.8 Å². The van der Waals surface area contributed by atoms with Crippen molar-refractivity contribution in [1.29, 1.82) is 0 Å². The fourth-order valence-electron chi connectivity index (χ4n) is 3.37. The van der Waals surface area contributed by atoms with Gasteiger partial charge in [-0.25, -0.2) is 0 Å². The van der Waals surface area contributed by atoms with Crippen LogP contribution < -0.4 is 5.32 Å². The van der Waals surface area contributed by atoms with Crippen molar-refractivity contribution >= 4 is 11.6 Å². The van der Waals surface area contributed by atoms with Crippen LogP contribution in [0.1, 0.15) is 42.5 Å². The molecule has 3 unspecified atom stereocenters. The van der Waals surface area contributed by atoms with Gasteiger partial charge in [-0.3, -0.25) is 0 Å². The van der Waals surface area contributed by atoms with Crippen LogP contribution in [0.5, 0.6) is 0 Å². The van der Waals surface area contributed by atoms with E-state index in [0.29, 0.717) is 24.4 Å². The smallest absolute Gasteiger partial charge is 0.231 e. The number of halogens is 1. The zero-order valence-electron chi connectivity index (χ0n) is 11.1. The van der Waals surface area contributed by atoms with Gasteiger partial charge in [-0.15, -0.1) is 0 Å². The molecule has 2 bridgehead atoms. The van der Waals surface area contributed by atoms with E-state index in [2.05, 4.69) is 15.5 Å². The summed E-state index contributed by atoms with van der Waals surface area (Å²) in [6.45, 7) is 0. The van der Waals surface area contributed by atoms with Gasteiger partial charge in [-0.2, -0.15) is 4.98 Å². The molecule has 2 saturated heterocycles. The third kappa shape index (κ3) is 2.23. The number of hydrogen-bond donors (Lipinski definition) is 1. The van der Waals surface area contributed by atoms with E-state index in [4.69, 9.17) is 16.1 Å². The van der Waals surface area contributed by atoms with Gasteiger partial charge in [-0.1, -0.05) is 28.9 Å². The highest BCUT2D eigenvalue weighted by Crippen LogP contribution is 2.39. The van der Waals surface area contributed by atoms with Crippen LogP contribution in [0.2, 0.25) is 5.02 Å². The van der Waals surface area contributed by atoms with Gasteiger partial charge in [0.15, 0.2) is 5.82 Å². The van der Waals surface area contributed by atoms with E-state index in [0.717, 1.165) is 28.7 Å². The number of nitrogens with one attached hydrogen (secondary N) is 1. The monoisotopic (exact) mass is 289 g/mol. The molecule has 1 aromatic carbocycles. The molecular formula is C15H16ClN3O. The predicted octanol–water partition coefficient (Wildman–Crippen LogP) is 2.92. The van der Waals surface area contributed by atoms with E-state index >= 15 is 0 Å². The number of hydrogen-bond acceptors (Lipinski definition) is 4. The van der Waals surface area contributed by atoms with E-state index in [1.807, 2.05) is 24.3 Å². The lowest BCUT2D eigenvalue weighted by Gasteiger charge is -2.15. The molecule has 2 aliphatic rings. The van der Waals surface area contributed by atoms with Gasteiger partial charge >= 0.3 is 0 Å². The summed E-state index contributed by atoms with van der Waals surface area (Å²) >= 11 is 5.88. The summed E-state index contributed by atoms with van der Waals surface area (Å²) in [6, 6.07) is 8.95. The van der Waals surface area contributed by atoms with Crippen LogP contribution >= 0.6 is 11.6 Å². The number of fused-ring (bicyclic) bond motifs is 2. The molecule has 2 aromatic rings. The van der Waals surface area contributed by atoms with Gasteiger partial charge in [0.25, 0.3) is 0 Å². The zero-order chi connectivity index (χ0) is 13.5. The summed E-state index contributed by atoms with van der Waals surface area (Å²) in [5.41, 5.74) is 1.15. The van der Waals surface area contributed by atoms with Gasteiger partial charge in [0, 0.05) is 23.5 Å². The summed E-state index contributed by atoms with van der Waals surface area (Å²) in [4.78, 5) is 4.58. The fourth-order valence-corrected chi connectivity index (χ4v) is 3.50. The molecule has 5 heteroatoms. The fraction of sp³-hybridized carbons (Fsp3) is 0.467. The van der Waals surface area contributed by atoms with Crippen molar-refractivity contribution in [3.63, 3.8) is 0 Å². The SMILES string of the molecule is Clc1ccc(Cc2noc(C3CC4CCC3N4)n2)cc1. The second-order valence-electron chi connectivity index (χ2n) is 5.74. The molecule has 1 aromatic heterocycles. The highest BCUT2D eigenvalue weighted by molar-refractivity contribution is 6.30. The van der Waals surface area contributed by atoms with Crippen LogP contribution in [0.4, 0.5) is 0 Å². The summed E-state index contributed by atoms with van der Waals surface area (Å²) in [7, 11) is 0. The van der Waals surface area contributed by atoms with Gasteiger partial charge in [0.1, 0.15) is 0 Å². The van der Waals surface area contributed by atoms with Crippen molar-refractivity contribution in [2.24, 2.45) is 0 Å². The van der Waals surface area contributed by atoms with Crippen molar-refractivity contribution in [1.82, 2.24) is 15.5 Å². The van der Waals surface area contributed by atoms with E-state index in [9.17, 15) is 0 Å². The maximum absolute atomic E-state index is 5.88. The quantitative estimate of drug-likeness (QED) is 0.944. The van der Waals surface area contributed by atoms with Crippen molar-refractivity contribution in [2.45, 2.75) is 43.7 Å². The Hall–Kier alpha value is -1.39. The summed E-state index contributed by atoms with van der Waals surface area (Å²) in [6.07, 6.45) is 4.33. The van der Waals surface area contributed by atoms with Gasteiger partial charge in [0.2, 0.25) is 5.89 Å². The summed E-state index contributed by atoms with van der Waals surface area (Å²) < 4.78 is 5.47. The van der Waals surface area contributed by atoms with Crippen LogP contribution in [0.3, 0.4) is 0 Å². The molecule has 0 radical (unpaired) electrons. The number of rotatable bonds is 3. The lowest BCUT2D eigenvalue weighted by atomic mass is 9.89. The number of benzene rings is 1. The minimum absolute atomic E-state index is 0.403. The molecule has 0 saturated carbocycles. The molecule has 104 valence electrons. The van der Waals surface area contributed by atoms with Gasteiger partial charge < -0.3 is 9.84 Å². The van der Waals surface area contributed by atoms with E-state index in [1.54, 1.807) is 0 Å². The van der Waals surface area contributed by atoms with Crippen molar-refractivity contribution in [3.05, 3.63) is 46.6 Å². The van der Waals surface area contributed by atoms with Crippen molar-refractivity contribution in [2.75, 3.05) is 0 Å². The van der Waals surface area contributed by atoms with Crippen molar-refractivity contribution in [3.8, 4) is 0 Å². The first kappa shape index (κ1) is 12.4. The molecule has 2 fully saturated rings. The minimum atomic E-state index is 0.403. The van der Waals surface area contributed by atoms with Gasteiger partial charge in [0.05, 0.1) is 5.92 Å². The highest BCUT2D eigenvalue weighted by atomic mass is 35.5. The van der Waals surface area contributed by atoms with Crippen molar-refractivity contribution < 1.29 is 4.52 Å². The molecule has 4 nitrogen and oxygen atoms in total. The molecular weight excluding hydrogens is 274 g/mol. The average Bonchev–Trinajstić information content (AvgIpc) is 3.17. The normalized spacial score (nSPS) is 28.1. The van der Waals surface area contributed by atoms with E-state index < -0.39 is 0 Å². The molecule has 3 heterocycles. The Morgan fingerprint density at radius 3 is 2.80 bits per heavy atom. The summed E-state index contributed by atoms with van der Waals surface area (Å²) in [5.74, 6) is 1.96. The summed E-state index contributed by atoms with van der Waals surface area (Å²) in [5, 5.41) is 8.46. The first-order valence-corrected chi connectivity index (χ1v) is 7.49. The first-order valence-electron chi connectivity index (χ1n) is 7.11. The zero-order valence-corrected chi connectivity index (χ0v) is 11.8. The standard InChI is InChI=1S/C15H16ClN3O/c16-10-3-1-9(2-4-10)7-14-18-15(20-19-14)12-8-11-5-6-13(12)17-11/h1-4,11-13,17H,5-8H2. The molecule has 2 aliphatic heterocycles. The Morgan fingerprint density at radius 2 is 2.10 bits per heavy atom. The van der Waals surface area contributed by atoms with E-state index in [1.165, 1.54) is 12.8 Å². The lowest BCUT2D eigenvalue weighted by molar-refractivity contribution is 0.327. The Bertz CT molecular complexity index is 610. The maximum atomic E-state index is 5.88. The molecule has 1 N–H and O–H groups in total. The maximum Gasteiger partial charge on any atom is 0.231 e. The second-order valence-corrected chi connectivity index (χ2v) is 6.18. The minimum Gasteiger partial charge on any atom is -0.339 e. The van der Waals surface area contributed by atoms with Crippen LogP contribution in [-0.2, 0) is 6.42 Å². The van der Waals surface area contributed by atoms with Crippen LogP contribution in [0, 0.1) is 0 Å². The van der Waals surface area contributed by atoms with Crippen LogP contribution in [-0.4, -0.2) is 22.2 Å². The molecule has 0 aliphatic carbocycles. The Balaban J connectivity index is 1.49. The van der Waals surface area contributed by atoms with Crippen LogP contribution in [0.25, 0.3) is 0 Å². The number of nitrogens with zero attached hydrogens (tertiary/aromatic N) is 2.